The maximum Gasteiger partial charge on any atom is 0.403 e. The van der Waals surface area contributed by atoms with E-state index in [9.17, 15) is 46.1 Å². The van der Waals surface area contributed by atoms with Crippen LogP contribution in [0.2, 0.25) is 0 Å². The smallest absolute Gasteiger partial charge is 0.392 e. The van der Waals surface area contributed by atoms with E-state index in [0.29, 0.717) is 19.3 Å². The molecule has 3 aliphatic carbocycles. The van der Waals surface area contributed by atoms with Crippen molar-refractivity contribution >= 4 is 11.7 Å². The lowest BCUT2D eigenvalue weighted by atomic mass is 9.56. The van der Waals surface area contributed by atoms with Crippen LogP contribution < -0.4 is 10.6 Å². The van der Waals surface area contributed by atoms with Gasteiger partial charge in [-0.25, -0.2) is 0 Å². The van der Waals surface area contributed by atoms with Crippen LogP contribution in [0.25, 0.3) is 0 Å². The molecule has 3 rings (SSSR count). The van der Waals surface area contributed by atoms with Crippen LogP contribution in [0.5, 0.6) is 0 Å². The van der Waals surface area contributed by atoms with Gasteiger partial charge in [0.05, 0.1) is 18.2 Å². The Balaban J connectivity index is 1.88. The van der Waals surface area contributed by atoms with Crippen molar-refractivity contribution in [3.8, 4) is 0 Å². The Morgan fingerprint density at radius 1 is 0.730 bits per heavy atom. The third-order valence-corrected chi connectivity index (χ3v) is 9.17. The third-order valence-electron chi connectivity index (χ3n) is 9.17. The molecule has 0 bridgehead atoms. The van der Waals surface area contributed by atoms with Crippen molar-refractivity contribution in [2.24, 2.45) is 29.1 Å². The van der Waals surface area contributed by atoms with Crippen molar-refractivity contribution in [3.05, 3.63) is 0 Å². The Labute approximate surface area is 212 Å². The molecule has 0 aromatic carbocycles. The maximum atomic E-state index is 14.7. The molecule has 4 N–H and O–H groups in total. The highest BCUT2D eigenvalue weighted by Gasteiger charge is 2.77. The Kier molecular flexibility index (Phi) is 9.27. The summed E-state index contributed by atoms with van der Waals surface area (Å²) in [4.78, 5) is 24.7. The number of amides is 1. The summed E-state index contributed by atoms with van der Waals surface area (Å²) in [6.07, 6.45) is -14.2. The maximum absolute atomic E-state index is 14.7. The second-order valence-electron chi connectivity index (χ2n) is 11.2. The lowest BCUT2D eigenvalue weighted by molar-refractivity contribution is -0.383. The van der Waals surface area contributed by atoms with Gasteiger partial charge in [-0.3, -0.25) is 9.59 Å². The van der Waals surface area contributed by atoms with E-state index in [4.69, 9.17) is 0 Å². The Hall–Kier alpha value is -1.40. The number of alkyl halides is 6. The number of likely N-dealkylation sites (N-methyl/N-ethyl adjacent to an activating group) is 1. The number of ketones is 1. The van der Waals surface area contributed by atoms with Crippen molar-refractivity contribution in [2.75, 3.05) is 7.05 Å². The number of aliphatic hydroxyl groups excluding tert-OH is 2. The lowest BCUT2D eigenvalue weighted by Crippen LogP contribution is -2.64. The molecule has 8 unspecified atom stereocenters. The van der Waals surface area contributed by atoms with Crippen LogP contribution in [0, 0.1) is 29.1 Å². The molecule has 6 nitrogen and oxygen atoms in total. The number of hydrogen-bond acceptors (Lipinski definition) is 5. The molecule has 1 amide bonds. The molecule has 8 atom stereocenters. The summed E-state index contributed by atoms with van der Waals surface area (Å²) in [5, 5.41) is 25.8. The quantitative estimate of drug-likeness (QED) is 0.381. The zero-order valence-electron chi connectivity index (χ0n) is 21.2. The van der Waals surface area contributed by atoms with Crippen molar-refractivity contribution in [2.45, 2.75) is 108 Å². The molecule has 214 valence electrons. The standard InChI is InChI=1S/C25H38F6N2O4/c1-13(34)14-4-3-5-15(10-14)22(37)33-19-12-17(7-9-21(19)36)23(24(26,27)28,25(29,30)31)16-6-8-20(35)18(11-16)32-2/h14-21,32,35-36H,3-12H2,1-2H3,(H,33,37). The van der Waals surface area contributed by atoms with Gasteiger partial charge in [0.1, 0.15) is 5.78 Å². The van der Waals surface area contributed by atoms with Gasteiger partial charge in [0.15, 0.2) is 5.41 Å². The van der Waals surface area contributed by atoms with Gasteiger partial charge >= 0.3 is 12.4 Å². The number of carbonyl (C=O) groups excluding carboxylic acids is 2. The molecular formula is C25H38F6N2O4. The molecule has 0 saturated heterocycles. The fraction of sp³-hybridized carbons (Fsp3) is 0.920. The molecule has 37 heavy (non-hydrogen) atoms. The van der Waals surface area contributed by atoms with E-state index in [1.165, 1.54) is 14.0 Å². The zero-order chi connectivity index (χ0) is 27.8. The highest BCUT2D eigenvalue weighted by molar-refractivity contribution is 5.82. The van der Waals surface area contributed by atoms with Gasteiger partial charge in [0, 0.05) is 17.9 Å². The predicted octanol–water partition coefficient (Wildman–Crippen LogP) is 3.89. The Bertz CT molecular complexity index is 806. The topological polar surface area (TPSA) is 98.7 Å². The Morgan fingerprint density at radius 3 is 1.70 bits per heavy atom. The Morgan fingerprint density at radius 2 is 1.22 bits per heavy atom. The van der Waals surface area contributed by atoms with E-state index < -0.39 is 91.4 Å². The summed E-state index contributed by atoms with van der Waals surface area (Å²) in [6.45, 7) is 1.43. The van der Waals surface area contributed by atoms with Crippen LogP contribution in [-0.2, 0) is 9.59 Å². The molecule has 0 aliphatic heterocycles. The summed E-state index contributed by atoms with van der Waals surface area (Å²) in [7, 11) is 1.39. The van der Waals surface area contributed by atoms with Crippen molar-refractivity contribution in [1.29, 1.82) is 0 Å². The van der Waals surface area contributed by atoms with Crippen LogP contribution in [0.3, 0.4) is 0 Å². The second kappa shape index (κ2) is 11.4. The molecular weight excluding hydrogens is 506 g/mol. The monoisotopic (exact) mass is 544 g/mol. The van der Waals surface area contributed by atoms with Crippen LogP contribution in [-0.4, -0.2) is 65.6 Å². The summed E-state index contributed by atoms with van der Waals surface area (Å²) >= 11 is 0. The number of Topliss-reactive ketones (excluding diaryl/α,β-unsaturated/α-hetero) is 1. The van der Waals surface area contributed by atoms with Crippen LogP contribution >= 0.6 is 0 Å². The zero-order valence-corrected chi connectivity index (χ0v) is 21.2. The van der Waals surface area contributed by atoms with Gasteiger partial charge in [0.2, 0.25) is 5.91 Å². The highest BCUT2D eigenvalue weighted by Crippen LogP contribution is 2.64. The van der Waals surface area contributed by atoms with E-state index in [2.05, 4.69) is 10.6 Å². The molecule has 3 saturated carbocycles. The van der Waals surface area contributed by atoms with Gasteiger partial charge in [-0.05, 0) is 83.6 Å². The first kappa shape index (κ1) is 30.1. The van der Waals surface area contributed by atoms with E-state index in [0.717, 1.165) is 0 Å². The van der Waals surface area contributed by atoms with Gasteiger partial charge in [0.25, 0.3) is 0 Å². The summed E-state index contributed by atoms with van der Waals surface area (Å²) in [6, 6.07) is -2.17. The fourth-order valence-electron chi connectivity index (χ4n) is 7.12. The number of carbonyl (C=O) groups is 2. The molecule has 0 aromatic heterocycles. The average molecular weight is 545 g/mol. The van der Waals surface area contributed by atoms with Crippen molar-refractivity contribution < 1.29 is 46.1 Å². The number of aliphatic hydroxyl groups is 2. The van der Waals surface area contributed by atoms with Gasteiger partial charge in [-0.15, -0.1) is 0 Å². The molecule has 3 fully saturated rings. The van der Waals surface area contributed by atoms with Crippen molar-refractivity contribution in [1.82, 2.24) is 10.6 Å². The summed E-state index contributed by atoms with van der Waals surface area (Å²) < 4.78 is 88.1. The summed E-state index contributed by atoms with van der Waals surface area (Å²) in [5.74, 6) is -5.22. The minimum atomic E-state index is -5.63. The SMILES string of the molecule is CNC1CC(C(C2CCC(O)C(NC(=O)C3CCCC(C(C)=O)C3)C2)(C(F)(F)F)C(F)(F)F)CCC1O. The molecule has 0 radical (unpaired) electrons. The first-order valence-electron chi connectivity index (χ1n) is 13.1. The van der Waals surface area contributed by atoms with Crippen molar-refractivity contribution in [3.63, 3.8) is 0 Å². The van der Waals surface area contributed by atoms with E-state index in [1.54, 1.807) is 0 Å². The van der Waals surface area contributed by atoms with E-state index >= 15 is 0 Å². The first-order chi connectivity index (χ1) is 17.1. The minimum absolute atomic E-state index is 0.0622. The average Bonchev–Trinajstić information content (AvgIpc) is 2.80. The number of rotatable bonds is 6. The van der Waals surface area contributed by atoms with Crippen LogP contribution in [0.4, 0.5) is 26.3 Å². The van der Waals surface area contributed by atoms with Crippen LogP contribution in [0.1, 0.15) is 71.1 Å². The number of halogens is 6. The highest BCUT2D eigenvalue weighted by atomic mass is 19.4. The molecule has 3 aliphatic rings. The minimum Gasteiger partial charge on any atom is -0.392 e. The number of hydrogen-bond donors (Lipinski definition) is 4. The third kappa shape index (κ3) is 5.95. The van der Waals surface area contributed by atoms with Gasteiger partial charge in [-0.2, -0.15) is 26.3 Å². The number of nitrogens with one attached hydrogen (secondary N) is 2. The van der Waals surface area contributed by atoms with Crippen LogP contribution in [0.15, 0.2) is 0 Å². The largest absolute Gasteiger partial charge is 0.403 e. The summed E-state index contributed by atoms with van der Waals surface area (Å²) in [5.41, 5.74) is -4.04. The van der Waals surface area contributed by atoms with E-state index in [1.807, 2.05) is 0 Å². The predicted molar refractivity (Wildman–Crippen MR) is 122 cm³/mol. The second-order valence-corrected chi connectivity index (χ2v) is 11.2. The van der Waals surface area contributed by atoms with E-state index in [-0.39, 0.29) is 31.0 Å². The molecule has 0 spiro atoms. The normalized spacial score (nSPS) is 36.2. The fourth-order valence-corrected chi connectivity index (χ4v) is 7.12. The molecule has 0 aromatic rings. The lowest BCUT2D eigenvalue weighted by Gasteiger charge is -2.53. The molecule has 12 heteroatoms. The first-order valence-corrected chi connectivity index (χ1v) is 13.1. The molecule has 0 heterocycles. The van der Waals surface area contributed by atoms with Gasteiger partial charge in [-0.1, -0.05) is 6.42 Å². The van der Waals surface area contributed by atoms with Gasteiger partial charge < -0.3 is 20.8 Å².